The molecule has 0 radical (unpaired) electrons. The lowest BCUT2D eigenvalue weighted by Gasteiger charge is -2.09. The molecular formula is C17H17NO3. The number of rotatable bonds is 4. The summed E-state index contributed by atoms with van der Waals surface area (Å²) in [6, 6.07) is 10.7. The number of nitrogens with two attached hydrogens (primary N) is 1. The van der Waals surface area contributed by atoms with Crippen molar-refractivity contribution >= 4 is 11.5 Å². The van der Waals surface area contributed by atoms with E-state index in [0.29, 0.717) is 35.8 Å². The fraction of sp³-hybridized carbons (Fsp3) is 0.235. The molecule has 4 heteroatoms. The lowest BCUT2D eigenvalue weighted by molar-refractivity contribution is 0.103. The van der Waals surface area contributed by atoms with Crippen LogP contribution in [0.1, 0.15) is 28.4 Å². The van der Waals surface area contributed by atoms with Gasteiger partial charge in [-0.3, -0.25) is 4.79 Å². The van der Waals surface area contributed by atoms with E-state index in [4.69, 9.17) is 15.2 Å². The maximum atomic E-state index is 12.5. The Hall–Kier alpha value is -2.49. The third kappa shape index (κ3) is 2.57. The Kier molecular flexibility index (Phi) is 3.52. The van der Waals surface area contributed by atoms with Crippen LogP contribution in [0.3, 0.4) is 0 Å². The minimum Gasteiger partial charge on any atom is -0.493 e. The van der Waals surface area contributed by atoms with Crippen LogP contribution in [0.15, 0.2) is 36.4 Å². The molecular weight excluding hydrogens is 266 g/mol. The van der Waals surface area contributed by atoms with Gasteiger partial charge in [0.2, 0.25) is 0 Å². The van der Waals surface area contributed by atoms with E-state index in [-0.39, 0.29) is 5.78 Å². The zero-order chi connectivity index (χ0) is 14.8. The smallest absolute Gasteiger partial charge is 0.193 e. The summed E-state index contributed by atoms with van der Waals surface area (Å²) in [6.07, 6.45) is 0.849. The van der Waals surface area contributed by atoms with Crippen LogP contribution in [0.25, 0.3) is 0 Å². The van der Waals surface area contributed by atoms with Gasteiger partial charge in [0.05, 0.1) is 18.9 Å². The molecule has 2 aromatic rings. The number of hydrogen-bond donors (Lipinski definition) is 1. The van der Waals surface area contributed by atoms with E-state index < -0.39 is 0 Å². The first kappa shape index (κ1) is 13.5. The summed E-state index contributed by atoms with van der Waals surface area (Å²) < 4.78 is 10.8. The second-order valence-corrected chi connectivity index (χ2v) is 4.94. The summed E-state index contributed by atoms with van der Waals surface area (Å²) in [7, 11) is 0. The van der Waals surface area contributed by atoms with Crippen molar-refractivity contribution in [1.82, 2.24) is 0 Å². The van der Waals surface area contributed by atoms with Crippen molar-refractivity contribution in [1.29, 1.82) is 0 Å². The molecule has 0 amide bonds. The molecule has 0 aliphatic carbocycles. The molecule has 0 unspecified atom stereocenters. The van der Waals surface area contributed by atoms with E-state index >= 15 is 0 Å². The maximum absolute atomic E-state index is 12.5. The number of benzene rings is 2. The van der Waals surface area contributed by atoms with Crippen LogP contribution in [-0.2, 0) is 6.42 Å². The number of anilines is 1. The van der Waals surface area contributed by atoms with Crippen LogP contribution in [0.5, 0.6) is 11.5 Å². The Balaban J connectivity index is 1.90. The molecule has 0 atom stereocenters. The quantitative estimate of drug-likeness (QED) is 0.692. The number of carbonyl (C=O) groups is 1. The SMILES string of the molecule is CCOc1ccc(C(=O)c2ccc3c(c2)CCO3)cc1N. The fourth-order valence-electron chi connectivity index (χ4n) is 2.47. The Morgan fingerprint density at radius 1 is 1.24 bits per heavy atom. The van der Waals surface area contributed by atoms with Crippen LogP contribution in [0, 0.1) is 0 Å². The zero-order valence-corrected chi connectivity index (χ0v) is 11.9. The Labute approximate surface area is 123 Å². The van der Waals surface area contributed by atoms with Gasteiger partial charge in [-0.2, -0.15) is 0 Å². The summed E-state index contributed by atoms with van der Waals surface area (Å²) in [5, 5.41) is 0. The zero-order valence-electron chi connectivity index (χ0n) is 11.9. The minimum atomic E-state index is -0.0422. The number of nitrogen functional groups attached to an aromatic ring is 1. The van der Waals surface area contributed by atoms with Crippen molar-refractivity contribution in [3.63, 3.8) is 0 Å². The van der Waals surface area contributed by atoms with Crippen molar-refractivity contribution < 1.29 is 14.3 Å². The summed E-state index contributed by atoms with van der Waals surface area (Å²) >= 11 is 0. The monoisotopic (exact) mass is 283 g/mol. The molecule has 1 aliphatic rings. The average molecular weight is 283 g/mol. The summed E-state index contributed by atoms with van der Waals surface area (Å²) in [5.74, 6) is 1.44. The molecule has 2 N–H and O–H groups in total. The van der Waals surface area contributed by atoms with E-state index in [2.05, 4.69) is 0 Å². The predicted octanol–water partition coefficient (Wildman–Crippen LogP) is 2.83. The van der Waals surface area contributed by atoms with E-state index in [0.717, 1.165) is 17.7 Å². The number of hydrogen-bond acceptors (Lipinski definition) is 4. The van der Waals surface area contributed by atoms with Crippen molar-refractivity contribution in [2.45, 2.75) is 13.3 Å². The summed E-state index contributed by atoms with van der Waals surface area (Å²) in [5.41, 5.74) is 8.70. The molecule has 0 saturated heterocycles. The van der Waals surface area contributed by atoms with Gasteiger partial charge >= 0.3 is 0 Å². The highest BCUT2D eigenvalue weighted by Crippen LogP contribution is 2.28. The van der Waals surface area contributed by atoms with Crippen molar-refractivity contribution in [3.8, 4) is 11.5 Å². The minimum absolute atomic E-state index is 0.0422. The molecule has 0 spiro atoms. The van der Waals surface area contributed by atoms with Crippen LogP contribution in [0.2, 0.25) is 0 Å². The van der Waals surface area contributed by atoms with Crippen LogP contribution < -0.4 is 15.2 Å². The number of ketones is 1. The van der Waals surface area contributed by atoms with Gasteiger partial charge in [0.25, 0.3) is 0 Å². The Morgan fingerprint density at radius 2 is 2.00 bits per heavy atom. The number of ether oxygens (including phenoxy) is 2. The molecule has 0 saturated carbocycles. The van der Waals surface area contributed by atoms with E-state index in [9.17, 15) is 4.79 Å². The predicted molar refractivity (Wildman–Crippen MR) is 81.1 cm³/mol. The molecule has 2 aromatic carbocycles. The largest absolute Gasteiger partial charge is 0.493 e. The van der Waals surface area contributed by atoms with Gasteiger partial charge in [-0.25, -0.2) is 0 Å². The van der Waals surface area contributed by atoms with E-state index in [1.54, 1.807) is 24.3 Å². The normalized spacial score (nSPS) is 12.6. The van der Waals surface area contributed by atoms with Crippen molar-refractivity contribution in [3.05, 3.63) is 53.1 Å². The summed E-state index contributed by atoms with van der Waals surface area (Å²) in [6.45, 7) is 3.12. The van der Waals surface area contributed by atoms with E-state index in [1.807, 2.05) is 19.1 Å². The van der Waals surface area contributed by atoms with Gasteiger partial charge in [-0.1, -0.05) is 0 Å². The number of fused-ring (bicyclic) bond motifs is 1. The van der Waals surface area contributed by atoms with Gasteiger partial charge in [0, 0.05) is 17.5 Å². The molecule has 0 bridgehead atoms. The Bertz CT molecular complexity index is 694. The topological polar surface area (TPSA) is 61.5 Å². The molecule has 3 rings (SSSR count). The second kappa shape index (κ2) is 5.48. The first-order chi connectivity index (χ1) is 10.2. The van der Waals surface area contributed by atoms with Gasteiger partial charge in [-0.15, -0.1) is 0 Å². The third-order valence-electron chi connectivity index (χ3n) is 3.52. The first-order valence-corrected chi connectivity index (χ1v) is 7.02. The van der Waals surface area contributed by atoms with Crippen LogP contribution >= 0.6 is 0 Å². The van der Waals surface area contributed by atoms with Crippen molar-refractivity contribution in [2.75, 3.05) is 18.9 Å². The standard InChI is InChI=1S/C17H17NO3/c1-2-20-16-6-4-13(10-14(16)18)17(19)12-3-5-15-11(9-12)7-8-21-15/h3-6,9-10H,2,7-8,18H2,1H3. The Morgan fingerprint density at radius 3 is 2.76 bits per heavy atom. The lowest BCUT2D eigenvalue weighted by Crippen LogP contribution is -2.04. The van der Waals surface area contributed by atoms with Gasteiger partial charge in [-0.05, 0) is 48.9 Å². The highest BCUT2D eigenvalue weighted by molar-refractivity contribution is 6.09. The maximum Gasteiger partial charge on any atom is 0.193 e. The molecule has 1 heterocycles. The summed E-state index contributed by atoms with van der Waals surface area (Å²) in [4.78, 5) is 12.5. The fourth-order valence-corrected chi connectivity index (χ4v) is 2.47. The molecule has 4 nitrogen and oxygen atoms in total. The average Bonchev–Trinajstić information content (AvgIpc) is 2.96. The molecule has 0 fully saturated rings. The van der Waals surface area contributed by atoms with Gasteiger partial charge in [0.1, 0.15) is 11.5 Å². The molecule has 108 valence electrons. The molecule has 1 aliphatic heterocycles. The highest BCUT2D eigenvalue weighted by Gasteiger charge is 2.16. The first-order valence-electron chi connectivity index (χ1n) is 7.02. The molecule has 0 aromatic heterocycles. The van der Waals surface area contributed by atoms with Crippen LogP contribution in [-0.4, -0.2) is 19.0 Å². The molecule has 21 heavy (non-hydrogen) atoms. The third-order valence-corrected chi connectivity index (χ3v) is 3.52. The highest BCUT2D eigenvalue weighted by atomic mass is 16.5. The van der Waals surface area contributed by atoms with Crippen molar-refractivity contribution in [2.24, 2.45) is 0 Å². The van der Waals surface area contributed by atoms with Gasteiger partial charge < -0.3 is 15.2 Å². The number of carbonyl (C=O) groups excluding carboxylic acids is 1. The van der Waals surface area contributed by atoms with Crippen LogP contribution in [0.4, 0.5) is 5.69 Å². The second-order valence-electron chi connectivity index (χ2n) is 4.94. The van der Waals surface area contributed by atoms with Gasteiger partial charge in [0.15, 0.2) is 5.78 Å². The van der Waals surface area contributed by atoms with E-state index in [1.165, 1.54) is 0 Å². The lowest BCUT2D eigenvalue weighted by atomic mass is 10.00.